The summed E-state index contributed by atoms with van der Waals surface area (Å²) in [4.78, 5) is 25.1. The molecule has 1 atom stereocenters. The molecule has 0 aliphatic heterocycles. The smallest absolute Gasteiger partial charge is 0.251 e. The van der Waals surface area contributed by atoms with E-state index in [1.807, 2.05) is 60.7 Å². The lowest BCUT2D eigenvalue weighted by Crippen LogP contribution is -2.20. The third-order valence-corrected chi connectivity index (χ3v) is 4.83. The Balaban J connectivity index is 1.55. The van der Waals surface area contributed by atoms with E-state index in [1.165, 1.54) is 11.3 Å². The van der Waals surface area contributed by atoms with Gasteiger partial charge < -0.3 is 10.3 Å². The number of aromatic amines is 1. The lowest BCUT2D eigenvalue weighted by Gasteiger charge is -2.05. The van der Waals surface area contributed by atoms with Crippen LogP contribution in [0.3, 0.4) is 0 Å². The first kappa shape index (κ1) is 16.0. The molecule has 6 nitrogen and oxygen atoms in total. The van der Waals surface area contributed by atoms with E-state index >= 15 is 0 Å². The normalized spacial score (nSPS) is 11.8. The van der Waals surface area contributed by atoms with Crippen molar-refractivity contribution in [1.29, 1.82) is 5.26 Å². The molecule has 0 spiro atoms. The van der Waals surface area contributed by atoms with Gasteiger partial charge in [0.1, 0.15) is 5.82 Å². The average Bonchev–Trinajstić information content (AvgIpc) is 3.30. The van der Waals surface area contributed by atoms with E-state index < -0.39 is 11.8 Å². The molecule has 4 rings (SSSR count). The van der Waals surface area contributed by atoms with Gasteiger partial charge in [-0.2, -0.15) is 5.26 Å². The number of imidazole rings is 1. The Morgan fingerprint density at radius 3 is 2.69 bits per heavy atom. The summed E-state index contributed by atoms with van der Waals surface area (Å²) >= 11 is 1.36. The molecule has 0 aliphatic rings. The van der Waals surface area contributed by atoms with Gasteiger partial charge in [-0.15, -0.1) is 0 Å². The van der Waals surface area contributed by atoms with Gasteiger partial charge in [-0.3, -0.25) is 4.79 Å². The lowest BCUT2D eigenvalue weighted by atomic mass is 10.1. The number of thiazole rings is 1. The van der Waals surface area contributed by atoms with Crippen molar-refractivity contribution in [3.8, 4) is 16.5 Å². The summed E-state index contributed by atoms with van der Waals surface area (Å²) in [6, 6.07) is 19.2. The molecule has 1 amide bonds. The molecule has 0 fully saturated rings. The van der Waals surface area contributed by atoms with Gasteiger partial charge in [-0.1, -0.05) is 53.8 Å². The highest BCUT2D eigenvalue weighted by Crippen LogP contribution is 2.29. The van der Waals surface area contributed by atoms with Crippen molar-refractivity contribution < 1.29 is 4.79 Å². The Morgan fingerprint density at radius 2 is 1.92 bits per heavy atom. The van der Waals surface area contributed by atoms with Gasteiger partial charge in [-0.05, 0) is 17.7 Å². The van der Waals surface area contributed by atoms with Crippen molar-refractivity contribution in [2.45, 2.75) is 5.92 Å². The molecule has 2 heterocycles. The van der Waals surface area contributed by atoms with Crippen LogP contribution >= 0.6 is 11.3 Å². The predicted molar refractivity (Wildman–Crippen MR) is 101 cm³/mol. The molecule has 0 saturated carbocycles. The molecule has 2 aromatic heterocycles. The Labute approximate surface area is 153 Å². The summed E-state index contributed by atoms with van der Waals surface area (Å²) in [6.07, 6.45) is 1.71. The summed E-state index contributed by atoms with van der Waals surface area (Å²) in [5.74, 6) is -1.17. The first-order valence-electron chi connectivity index (χ1n) is 7.91. The number of nitrogens with one attached hydrogen (secondary N) is 2. The maximum atomic E-state index is 12.5. The maximum Gasteiger partial charge on any atom is 0.251 e. The van der Waals surface area contributed by atoms with E-state index in [0.29, 0.717) is 11.0 Å². The molecule has 7 heteroatoms. The van der Waals surface area contributed by atoms with Crippen LogP contribution in [0.1, 0.15) is 11.7 Å². The fraction of sp³-hybridized carbons (Fsp3) is 0.0526. The van der Waals surface area contributed by atoms with E-state index in [0.717, 1.165) is 21.5 Å². The van der Waals surface area contributed by atoms with Crippen molar-refractivity contribution in [2.75, 3.05) is 5.32 Å². The Kier molecular flexibility index (Phi) is 4.17. The monoisotopic (exact) mass is 359 g/mol. The number of nitriles is 1. The van der Waals surface area contributed by atoms with Crippen molar-refractivity contribution in [1.82, 2.24) is 15.0 Å². The van der Waals surface area contributed by atoms with Crippen LogP contribution in [-0.4, -0.2) is 20.9 Å². The Bertz CT molecular complexity index is 1080. The second-order valence-corrected chi connectivity index (χ2v) is 6.62. The molecule has 2 N–H and O–H groups in total. The van der Waals surface area contributed by atoms with E-state index in [2.05, 4.69) is 20.3 Å². The minimum atomic E-state index is -1.04. The summed E-state index contributed by atoms with van der Waals surface area (Å²) in [5.41, 5.74) is 2.53. The number of fused-ring (bicyclic) bond motifs is 1. The number of rotatable bonds is 4. The number of hydrogen-bond donors (Lipinski definition) is 2. The van der Waals surface area contributed by atoms with Crippen LogP contribution in [0.4, 0.5) is 5.13 Å². The van der Waals surface area contributed by atoms with E-state index in [9.17, 15) is 10.1 Å². The molecule has 1 unspecified atom stereocenters. The van der Waals surface area contributed by atoms with Gasteiger partial charge in [0.2, 0.25) is 0 Å². The van der Waals surface area contributed by atoms with Crippen LogP contribution in [0, 0.1) is 11.3 Å². The molecule has 4 aromatic rings. The second-order valence-electron chi connectivity index (χ2n) is 5.59. The highest BCUT2D eigenvalue weighted by atomic mass is 32.1. The minimum Gasteiger partial charge on any atom is -0.340 e. The summed E-state index contributed by atoms with van der Waals surface area (Å²) in [7, 11) is 0. The third-order valence-electron chi connectivity index (χ3n) is 3.87. The summed E-state index contributed by atoms with van der Waals surface area (Å²) in [5, 5.41) is 12.6. The standard InChI is InChI=1S/C19H13N5OS/c20-10-13(17-22-14-8-4-5-9-15(14)23-17)18(25)24-19-21-11-16(26-19)12-6-2-1-3-7-12/h1-9,11,13H,(H,22,23)(H,21,24,25). The number of benzene rings is 2. The van der Waals surface area contributed by atoms with Crippen LogP contribution in [-0.2, 0) is 4.79 Å². The maximum absolute atomic E-state index is 12.5. The number of anilines is 1. The van der Waals surface area contributed by atoms with Crippen LogP contribution in [0.2, 0.25) is 0 Å². The first-order chi connectivity index (χ1) is 12.7. The van der Waals surface area contributed by atoms with Crippen molar-refractivity contribution in [3.05, 3.63) is 66.6 Å². The van der Waals surface area contributed by atoms with E-state index in [-0.39, 0.29) is 0 Å². The number of nitrogens with zero attached hydrogens (tertiary/aromatic N) is 3. The summed E-state index contributed by atoms with van der Waals surface area (Å²) < 4.78 is 0. The topological polar surface area (TPSA) is 94.5 Å². The lowest BCUT2D eigenvalue weighted by molar-refractivity contribution is -0.116. The fourth-order valence-corrected chi connectivity index (χ4v) is 3.42. The van der Waals surface area contributed by atoms with Crippen molar-refractivity contribution >= 4 is 33.4 Å². The first-order valence-corrected chi connectivity index (χ1v) is 8.72. The Hall–Kier alpha value is -3.50. The number of carbonyl (C=O) groups excluding carboxylic acids is 1. The second kappa shape index (κ2) is 6.78. The van der Waals surface area contributed by atoms with Gasteiger partial charge in [0.05, 0.1) is 22.0 Å². The molecule has 126 valence electrons. The van der Waals surface area contributed by atoms with Crippen molar-refractivity contribution in [3.63, 3.8) is 0 Å². The summed E-state index contributed by atoms with van der Waals surface area (Å²) in [6.45, 7) is 0. The number of carbonyl (C=O) groups is 1. The van der Waals surface area contributed by atoms with Crippen molar-refractivity contribution in [2.24, 2.45) is 0 Å². The SMILES string of the molecule is N#CC(C(=O)Nc1ncc(-c2ccccc2)s1)c1nc2ccccc2[nH]1. The molecule has 0 bridgehead atoms. The zero-order chi connectivity index (χ0) is 17.9. The average molecular weight is 359 g/mol. The van der Waals surface area contributed by atoms with E-state index in [4.69, 9.17) is 0 Å². The van der Waals surface area contributed by atoms with Crippen LogP contribution in [0.25, 0.3) is 21.5 Å². The zero-order valence-electron chi connectivity index (χ0n) is 13.5. The Morgan fingerprint density at radius 1 is 1.15 bits per heavy atom. The quantitative estimate of drug-likeness (QED) is 0.577. The number of para-hydroxylation sites is 2. The number of aromatic nitrogens is 3. The van der Waals surface area contributed by atoms with Gasteiger partial charge >= 0.3 is 0 Å². The highest BCUT2D eigenvalue weighted by Gasteiger charge is 2.24. The molecule has 2 aromatic carbocycles. The number of amides is 1. The minimum absolute atomic E-state index is 0.325. The number of hydrogen-bond acceptors (Lipinski definition) is 5. The predicted octanol–water partition coefficient (Wildman–Crippen LogP) is 3.93. The molecule has 0 radical (unpaired) electrons. The largest absolute Gasteiger partial charge is 0.340 e. The zero-order valence-corrected chi connectivity index (χ0v) is 14.3. The molecule has 0 saturated heterocycles. The van der Waals surface area contributed by atoms with Gasteiger partial charge in [-0.25, -0.2) is 9.97 Å². The van der Waals surface area contributed by atoms with Gasteiger partial charge in [0.15, 0.2) is 11.0 Å². The van der Waals surface area contributed by atoms with Crippen LogP contribution < -0.4 is 5.32 Å². The molecule has 0 aliphatic carbocycles. The fourth-order valence-electron chi connectivity index (χ4n) is 2.60. The van der Waals surface area contributed by atoms with Gasteiger partial charge in [0.25, 0.3) is 5.91 Å². The highest BCUT2D eigenvalue weighted by molar-refractivity contribution is 7.19. The van der Waals surface area contributed by atoms with Crippen LogP contribution in [0.15, 0.2) is 60.8 Å². The number of H-pyrrole nitrogens is 1. The molecular weight excluding hydrogens is 346 g/mol. The third kappa shape index (κ3) is 3.06. The van der Waals surface area contributed by atoms with E-state index in [1.54, 1.807) is 6.20 Å². The molecule has 26 heavy (non-hydrogen) atoms. The van der Waals surface area contributed by atoms with Gasteiger partial charge in [0, 0.05) is 6.20 Å². The molecular formula is C19H13N5OS. The van der Waals surface area contributed by atoms with Crippen LogP contribution in [0.5, 0.6) is 0 Å².